The van der Waals surface area contributed by atoms with Crippen molar-refractivity contribution in [2.45, 2.75) is 19.3 Å². The van der Waals surface area contributed by atoms with Crippen molar-refractivity contribution in [3.63, 3.8) is 0 Å². The van der Waals surface area contributed by atoms with Gasteiger partial charge in [-0.2, -0.15) is 0 Å². The van der Waals surface area contributed by atoms with Crippen LogP contribution >= 0.6 is 0 Å². The minimum absolute atomic E-state index is 0.142. The van der Waals surface area contributed by atoms with Crippen LogP contribution in [0.25, 0.3) is 99.6 Å². The molecule has 10 aromatic rings. The van der Waals surface area contributed by atoms with E-state index in [4.69, 9.17) is 9.97 Å². The van der Waals surface area contributed by atoms with E-state index in [1.807, 2.05) is 6.07 Å². The number of rotatable bonds is 5. The molecule has 0 fully saturated rings. The summed E-state index contributed by atoms with van der Waals surface area (Å²) in [5.74, 6) is 0.721. The first kappa shape index (κ1) is 33.2. The van der Waals surface area contributed by atoms with Crippen LogP contribution in [0.15, 0.2) is 194 Å². The average Bonchev–Trinajstić information content (AvgIpc) is 3.50. The van der Waals surface area contributed by atoms with Crippen molar-refractivity contribution in [3.8, 4) is 67.3 Å². The fourth-order valence-electron chi connectivity index (χ4n) is 9.06. The Kier molecular flexibility index (Phi) is 7.55. The number of fused-ring (bicyclic) bond motifs is 6. The van der Waals surface area contributed by atoms with Crippen LogP contribution in [-0.2, 0) is 5.41 Å². The third-order valence-electron chi connectivity index (χ3n) is 12.0. The number of aromatic nitrogens is 2. The van der Waals surface area contributed by atoms with E-state index < -0.39 is 0 Å². The molecule has 0 atom stereocenters. The summed E-state index contributed by atoms with van der Waals surface area (Å²) in [6.45, 7) is 4.69. The van der Waals surface area contributed by atoms with Crippen LogP contribution in [0.3, 0.4) is 0 Å². The first-order valence-electron chi connectivity index (χ1n) is 19.7. The van der Waals surface area contributed by atoms with Crippen LogP contribution in [0.4, 0.5) is 0 Å². The third-order valence-corrected chi connectivity index (χ3v) is 12.0. The highest BCUT2D eigenvalue weighted by Crippen LogP contribution is 2.53. The summed E-state index contributed by atoms with van der Waals surface area (Å²) in [6, 6.07) is 70.2. The Morgan fingerprint density at radius 2 is 0.912 bits per heavy atom. The number of hydrogen-bond donors (Lipinski definition) is 0. The van der Waals surface area contributed by atoms with Crippen molar-refractivity contribution in [1.29, 1.82) is 0 Å². The second-order valence-corrected chi connectivity index (χ2v) is 15.8. The SMILES string of the molecule is CC1(C)c2cc3ccccc3cc2-c2c(-c3cc(-c4ccc5cc(-c6cccc(-c7cccc8ccccc78)c6)ccc5c4)nc(-c4ccccc4)n3)cccc21. The van der Waals surface area contributed by atoms with Gasteiger partial charge in [0.1, 0.15) is 0 Å². The second kappa shape index (κ2) is 13.0. The Balaban J connectivity index is 1.02. The van der Waals surface area contributed by atoms with E-state index in [0.29, 0.717) is 0 Å². The van der Waals surface area contributed by atoms with Gasteiger partial charge in [-0.05, 0) is 113 Å². The zero-order valence-electron chi connectivity index (χ0n) is 31.9. The lowest BCUT2D eigenvalue weighted by Gasteiger charge is -2.22. The first-order valence-corrected chi connectivity index (χ1v) is 19.7. The number of hydrogen-bond acceptors (Lipinski definition) is 2. The van der Waals surface area contributed by atoms with Gasteiger partial charge in [-0.15, -0.1) is 0 Å². The van der Waals surface area contributed by atoms with E-state index in [0.717, 1.165) is 33.9 Å². The zero-order valence-corrected chi connectivity index (χ0v) is 31.9. The molecule has 0 bridgehead atoms. The van der Waals surface area contributed by atoms with E-state index in [2.05, 4.69) is 202 Å². The lowest BCUT2D eigenvalue weighted by molar-refractivity contribution is 0.661. The molecule has 2 nitrogen and oxygen atoms in total. The minimum Gasteiger partial charge on any atom is -0.228 e. The fraction of sp³-hybridized carbons (Fsp3) is 0.0545. The summed E-state index contributed by atoms with van der Waals surface area (Å²) in [6.07, 6.45) is 0. The third kappa shape index (κ3) is 5.56. The number of nitrogens with zero attached hydrogens (tertiary/aromatic N) is 2. The van der Waals surface area contributed by atoms with Gasteiger partial charge in [0.05, 0.1) is 11.4 Å². The predicted octanol–water partition coefficient (Wildman–Crippen LogP) is 14.6. The van der Waals surface area contributed by atoms with Gasteiger partial charge in [0.25, 0.3) is 0 Å². The summed E-state index contributed by atoms with van der Waals surface area (Å²) >= 11 is 0. The molecule has 57 heavy (non-hydrogen) atoms. The van der Waals surface area contributed by atoms with Gasteiger partial charge in [-0.3, -0.25) is 0 Å². The van der Waals surface area contributed by atoms with Crippen LogP contribution in [0.2, 0.25) is 0 Å². The Labute approximate surface area is 332 Å². The molecule has 1 aromatic heterocycles. The molecule has 0 spiro atoms. The second-order valence-electron chi connectivity index (χ2n) is 15.8. The molecule has 1 aliphatic rings. The van der Waals surface area contributed by atoms with Gasteiger partial charge in [-0.25, -0.2) is 9.97 Å². The van der Waals surface area contributed by atoms with E-state index in [-0.39, 0.29) is 5.41 Å². The largest absolute Gasteiger partial charge is 0.228 e. The number of benzene rings is 9. The normalized spacial score (nSPS) is 12.9. The standard InChI is InChI=1S/C55H38N2/c1-55(2)49-24-12-23-47(53(49)48-32-38-16-6-7-17-39(38)33-50(48)55)52-34-51(56-54(57-52)36-14-4-3-5-15-36)44-28-27-41-29-40(25-26-42(41)31-44)37-19-10-20-43(30-37)46-22-11-18-35-13-8-9-21-45(35)46/h3-34H,1-2H3. The lowest BCUT2D eigenvalue weighted by atomic mass is 9.81. The van der Waals surface area contributed by atoms with Gasteiger partial charge in [0, 0.05) is 22.1 Å². The molecule has 9 aromatic carbocycles. The van der Waals surface area contributed by atoms with Crippen molar-refractivity contribution in [2.24, 2.45) is 0 Å². The van der Waals surface area contributed by atoms with Crippen LogP contribution in [0, 0.1) is 0 Å². The molecule has 0 N–H and O–H groups in total. The predicted molar refractivity (Wildman–Crippen MR) is 239 cm³/mol. The van der Waals surface area contributed by atoms with Crippen LogP contribution in [0.1, 0.15) is 25.0 Å². The van der Waals surface area contributed by atoms with Gasteiger partial charge < -0.3 is 0 Å². The highest BCUT2D eigenvalue weighted by Gasteiger charge is 2.37. The monoisotopic (exact) mass is 726 g/mol. The molecule has 11 rings (SSSR count). The van der Waals surface area contributed by atoms with Crippen molar-refractivity contribution >= 4 is 32.3 Å². The maximum absolute atomic E-state index is 5.30. The summed E-state index contributed by atoms with van der Waals surface area (Å²) in [4.78, 5) is 10.5. The average molecular weight is 727 g/mol. The van der Waals surface area contributed by atoms with E-state index >= 15 is 0 Å². The topological polar surface area (TPSA) is 25.8 Å². The lowest BCUT2D eigenvalue weighted by Crippen LogP contribution is -2.14. The molecule has 268 valence electrons. The maximum atomic E-state index is 5.30. The molecular weight excluding hydrogens is 689 g/mol. The molecular formula is C55H38N2. The minimum atomic E-state index is -0.142. The maximum Gasteiger partial charge on any atom is 0.160 e. The van der Waals surface area contributed by atoms with Gasteiger partial charge in [-0.1, -0.05) is 172 Å². The Morgan fingerprint density at radius 3 is 1.75 bits per heavy atom. The highest BCUT2D eigenvalue weighted by atomic mass is 14.9. The van der Waals surface area contributed by atoms with Gasteiger partial charge >= 0.3 is 0 Å². The summed E-state index contributed by atoms with van der Waals surface area (Å²) in [7, 11) is 0. The highest BCUT2D eigenvalue weighted by molar-refractivity contribution is 6.00. The summed E-state index contributed by atoms with van der Waals surface area (Å²) < 4.78 is 0. The van der Waals surface area contributed by atoms with E-state index in [9.17, 15) is 0 Å². The van der Waals surface area contributed by atoms with Crippen molar-refractivity contribution < 1.29 is 0 Å². The summed E-state index contributed by atoms with van der Waals surface area (Å²) in [5, 5.41) is 7.41. The van der Waals surface area contributed by atoms with Crippen molar-refractivity contribution in [2.75, 3.05) is 0 Å². The Morgan fingerprint density at radius 1 is 0.333 bits per heavy atom. The Bertz CT molecular complexity index is 3210. The zero-order chi connectivity index (χ0) is 38.1. The first-order chi connectivity index (χ1) is 28.0. The molecule has 1 aliphatic carbocycles. The molecule has 1 heterocycles. The molecule has 2 heteroatoms. The van der Waals surface area contributed by atoms with E-state index in [1.165, 1.54) is 76.8 Å². The van der Waals surface area contributed by atoms with Crippen molar-refractivity contribution in [3.05, 3.63) is 205 Å². The molecule has 0 radical (unpaired) electrons. The quantitative estimate of drug-likeness (QED) is 0.176. The smallest absolute Gasteiger partial charge is 0.160 e. The molecule has 0 saturated heterocycles. The Hall–Kier alpha value is -7.16. The van der Waals surface area contributed by atoms with E-state index in [1.54, 1.807) is 0 Å². The van der Waals surface area contributed by atoms with Crippen LogP contribution in [-0.4, -0.2) is 9.97 Å². The molecule has 0 saturated carbocycles. The van der Waals surface area contributed by atoms with Crippen LogP contribution < -0.4 is 0 Å². The molecule has 0 aliphatic heterocycles. The summed E-state index contributed by atoms with van der Waals surface area (Å²) in [5.41, 5.74) is 15.0. The van der Waals surface area contributed by atoms with Crippen LogP contribution in [0.5, 0.6) is 0 Å². The fourth-order valence-corrected chi connectivity index (χ4v) is 9.06. The van der Waals surface area contributed by atoms with Crippen molar-refractivity contribution in [1.82, 2.24) is 9.97 Å². The van der Waals surface area contributed by atoms with Gasteiger partial charge in [0.2, 0.25) is 0 Å². The molecule has 0 unspecified atom stereocenters. The molecule has 0 amide bonds. The van der Waals surface area contributed by atoms with Gasteiger partial charge in [0.15, 0.2) is 5.82 Å².